The Labute approximate surface area is 159 Å². The summed E-state index contributed by atoms with van der Waals surface area (Å²) < 4.78 is 5.57. The summed E-state index contributed by atoms with van der Waals surface area (Å²) in [6.45, 7) is 4.67. The van der Waals surface area contributed by atoms with Crippen molar-refractivity contribution < 1.29 is 19.1 Å². The zero-order valence-corrected chi connectivity index (χ0v) is 15.8. The van der Waals surface area contributed by atoms with Gasteiger partial charge in [0.05, 0.1) is 5.92 Å². The molecule has 7 nitrogen and oxygen atoms in total. The van der Waals surface area contributed by atoms with Crippen LogP contribution in [0.2, 0.25) is 0 Å². The van der Waals surface area contributed by atoms with E-state index in [1.807, 2.05) is 11.8 Å². The van der Waals surface area contributed by atoms with E-state index in [0.29, 0.717) is 18.8 Å². The van der Waals surface area contributed by atoms with Crippen LogP contribution in [0.1, 0.15) is 32.6 Å². The van der Waals surface area contributed by atoms with Gasteiger partial charge >= 0.3 is 0 Å². The molecule has 2 aliphatic rings. The normalized spacial score (nSPS) is 19.4. The van der Waals surface area contributed by atoms with E-state index in [4.69, 9.17) is 4.74 Å². The number of anilines is 1. The summed E-state index contributed by atoms with van der Waals surface area (Å²) in [5.41, 5.74) is 0.740. The highest BCUT2D eigenvalue weighted by molar-refractivity contribution is 6.00. The van der Waals surface area contributed by atoms with Crippen LogP contribution in [0.3, 0.4) is 0 Å². The van der Waals surface area contributed by atoms with Crippen molar-refractivity contribution in [3.63, 3.8) is 0 Å². The highest BCUT2D eigenvalue weighted by Crippen LogP contribution is 2.27. The monoisotopic (exact) mass is 373 g/mol. The van der Waals surface area contributed by atoms with E-state index in [1.165, 1.54) is 0 Å². The zero-order chi connectivity index (χ0) is 19.2. The fraction of sp³-hybridized carbons (Fsp3) is 0.550. The Hall–Kier alpha value is -2.57. The molecule has 0 spiro atoms. The fourth-order valence-electron chi connectivity index (χ4n) is 3.45. The van der Waals surface area contributed by atoms with E-state index in [9.17, 15) is 14.4 Å². The van der Waals surface area contributed by atoms with Crippen LogP contribution >= 0.6 is 0 Å². The molecule has 3 amide bonds. The zero-order valence-electron chi connectivity index (χ0n) is 15.8. The number of ether oxygens (including phenoxy) is 1. The molecule has 27 heavy (non-hydrogen) atoms. The van der Waals surface area contributed by atoms with Gasteiger partial charge in [-0.1, -0.05) is 6.92 Å². The average molecular weight is 373 g/mol. The van der Waals surface area contributed by atoms with Gasteiger partial charge < -0.3 is 19.9 Å². The van der Waals surface area contributed by atoms with Crippen molar-refractivity contribution in [2.24, 2.45) is 5.92 Å². The summed E-state index contributed by atoms with van der Waals surface area (Å²) in [6.07, 6.45) is 3.22. The number of hydrogen-bond acceptors (Lipinski definition) is 4. The molecule has 2 aliphatic heterocycles. The van der Waals surface area contributed by atoms with Crippen LogP contribution in [0.25, 0.3) is 0 Å². The first-order valence-corrected chi connectivity index (χ1v) is 9.67. The lowest BCUT2D eigenvalue weighted by Crippen LogP contribution is -2.33. The smallest absolute Gasteiger partial charge is 0.260 e. The summed E-state index contributed by atoms with van der Waals surface area (Å²) in [5, 5.41) is 2.85. The van der Waals surface area contributed by atoms with Crippen LogP contribution in [0.5, 0.6) is 5.75 Å². The Balaban J connectivity index is 1.53. The van der Waals surface area contributed by atoms with Gasteiger partial charge in [0.1, 0.15) is 5.75 Å². The van der Waals surface area contributed by atoms with Gasteiger partial charge in [-0.15, -0.1) is 0 Å². The van der Waals surface area contributed by atoms with Crippen molar-refractivity contribution in [1.29, 1.82) is 0 Å². The maximum absolute atomic E-state index is 12.3. The first kappa shape index (κ1) is 19.2. The van der Waals surface area contributed by atoms with Crippen molar-refractivity contribution in [1.82, 2.24) is 10.2 Å². The third kappa shape index (κ3) is 4.78. The van der Waals surface area contributed by atoms with Gasteiger partial charge in [0.15, 0.2) is 6.61 Å². The first-order valence-electron chi connectivity index (χ1n) is 9.67. The molecule has 0 aliphatic carbocycles. The van der Waals surface area contributed by atoms with Crippen molar-refractivity contribution in [2.75, 3.05) is 37.7 Å². The molecule has 0 saturated carbocycles. The quantitative estimate of drug-likeness (QED) is 0.787. The van der Waals surface area contributed by atoms with E-state index in [0.717, 1.165) is 38.0 Å². The minimum Gasteiger partial charge on any atom is -0.484 e. The maximum Gasteiger partial charge on any atom is 0.260 e. The average Bonchev–Trinajstić information content (AvgIpc) is 3.34. The molecule has 1 atom stereocenters. The van der Waals surface area contributed by atoms with Crippen LogP contribution in [0, 0.1) is 5.92 Å². The molecule has 3 rings (SSSR count). The molecular weight excluding hydrogens is 346 g/mol. The molecule has 2 saturated heterocycles. The van der Waals surface area contributed by atoms with Crippen molar-refractivity contribution in [3.8, 4) is 5.75 Å². The Morgan fingerprint density at radius 3 is 2.56 bits per heavy atom. The second-order valence-electron chi connectivity index (χ2n) is 7.07. The summed E-state index contributed by atoms with van der Waals surface area (Å²) in [4.78, 5) is 39.8. The second-order valence-corrected chi connectivity index (χ2v) is 7.07. The number of nitrogens with zero attached hydrogens (tertiary/aromatic N) is 2. The minimum atomic E-state index is -0.307. The molecule has 146 valence electrons. The number of nitrogens with one attached hydrogen (secondary N) is 1. The van der Waals surface area contributed by atoms with Crippen LogP contribution in [0.15, 0.2) is 24.3 Å². The molecule has 0 aromatic heterocycles. The molecule has 7 heteroatoms. The fourth-order valence-corrected chi connectivity index (χ4v) is 3.45. The molecule has 1 aromatic carbocycles. The van der Waals surface area contributed by atoms with E-state index in [1.54, 1.807) is 29.2 Å². The van der Waals surface area contributed by atoms with Gasteiger partial charge in [-0.25, -0.2) is 0 Å². The maximum atomic E-state index is 12.3. The lowest BCUT2D eigenvalue weighted by Gasteiger charge is -2.18. The third-order valence-corrected chi connectivity index (χ3v) is 5.01. The van der Waals surface area contributed by atoms with Gasteiger partial charge in [0.2, 0.25) is 11.8 Å². The Morgan fingerprint density at radius 1 is 1.19 bits per heavy atom. The van der Waals surface area contributed by atoms with E-state index < -0.39 is 0 Å². The number of rotatable bonds is 7. The van der Waals surface area contributed by atoms with Gasteiger partial charge in [0, 0.05) is 38.3 Å². The molecule has 2 heterocycles. The summed E-state index contributed by atoms with van der Waals surface area (Å²) in [7, 11) is 0. The standard InChI is InChI=1S/C20H27N3O4/c1-2-9-21-20(26)15-12-18(24)23(13-15)16-5-7-17(8-6-16)27-14-19(25)22-10-3-4-11-22/h5-8,15H,2-4,9-14H2,1H3,(H,21,26)/t15-/m1/s1. The summed E-state index contributed by atoms with van der Waals surface area (Å²) >= 11 is 0. The van der Waals surface area contributed by atoms with Crippen molar-refractivity contribution in [2.45, 2.75) is 32.6 Å². The predicted octanol–water partition coefficient (Wildman–Crippen LogP) is 1.57. The third-order valence-electron chi connectivity index (χ3n) is 5.01. The van der Waals surface area contributed by atoms with Gasteiger partial charge in [-0.3, -0.25) is 14.4 Å². The van der Waals surface area contributed by atoms with Crippen LogP contribution in [-0.4, -0.2) is 55.4 Å². The first-order chi connectivity index (χ1) is 13.1. The number of benzene rings is 1. The molecule has 1 N–H and O–H groups in total. The Kier molecular flexibility index (Phi) is 6.32. The topological polar surface area (TPSA) is 79.0 Å². The summed E-state index contributed by atoms with van der Waals surface area (Å²) in [5.74, 6) is 0.179. The van der Waals surface area contributed by atoms with Gasteiger partial charge in [0.25, 0.3) is 5.91 Å². The molecule has 1 aromatic rings. The number of amides is 3. The molecular formula is C20H27N3O4. The van der Waals surface area contributed by atoms with E-state index in [-0.39, 0.29) is 36.7 Å². The van der Waals surface area contributed by atoms with Crippen LogP contribution in [0.4, 0.5) is 5.69 Å². The minimum absolute atomic E-state index is 0.00670. The SMILES string of the molecule is CCCNC(=O)[C@@H]1CC(=O)N(c2ccc(OCC(=O)N3CCCC3)cc2)C1. The highest BCUT2D eigenvalue weighted by atomic mass is 16.5. The molecule has 0 unspecified atom stereocenters. The molecule has 0 bridgehead atoms. The van der Waals surface area contributed by atoms with Crippen LogP contribution < -0.4 is 15.0 Å². The highest BCUT2D eigenvalue weighted by Gasteiger charge is 2.34. The van der Waals surface area contributed by atoms with Crippen molar-refractivity contribution >= 4 is 23.4 Å². The molecule has 2 fully saturated rings. The summed E-state index contributed by atoms with van der Waals surface area (Å²) in [6, 6.07) is 7.09. The number of carbonyl (C=O) groups is 3. The van der Waals surface area contributed by atoms with E-state index in [2.05, 4.69) is 5.32 Å². The lowest BCUT2D eigenvalue weighted by atomic mass is 10.1. The molecule has 0 radical (unpaired) electrons. The van der Waals surface area contributed by atoms with Gasteiger partial charge in [-0.05, 0) is 43.5 Å². The van der Waals surface area contributed by atoms with E-state index >= 15 is 0 Å². The number of hydrogen-bond donors (Lipinski definition) is 1. The number of likely N-dealkylation sites (tertiary alicyclic amines) is 1. The van der Waals surface area contributed by atoms with Gasteiger partial charge in [-0.2, -0.15) is 0 Å². The van der Waals surface area contributed by atoms with Crippen LogP contribution in [-0.2, 0) is 14.4 Å². The second kappa shape index (κ2) is 8.88. The number of carbonyl (C=O) groups excluding carboxylic acids is 3. The Morgan fingerprint density at radius 2 is 1.89 bits per heavy atom. The Bertz CT molecular complexity index is 683. The largest absolute Gasteiger partial charge is 0.484 e. The lowest BCUT2D eigenvalue weighted by molar-refractivity contribution is -0.132. The predicted molar refractivity (Wildman–Crippen MR) is 102 cm³/mol. The van der Waals surface area contributed by atoms with Crippen molar-refractivity contribution in [3.05, 3.63) is 24.3 Å².